The van der Waals surface area contributed by atoms with E-state index >= 15 is 0 Å². The monoisotopic (exact) mass is 322 g/mol. The highest BCUT2D eigenvalue weighted by molar-refractivity contribution is 5.88. The molecule has 1 aliphatic heterocycles. The second-order valence-corrected chi connectivity index (χ2v) is 6.27. The summed E-state index contributed by atoms with van der Waals surface area (Å²) in [5.74, 6) is 0.224. The molecular weight excluding hydrogens is 288 g/mol. The molecule has 0 unspecified atom stereocenters. The highest BCUT2D eigenvalue weighted by Gasteiger charge is 2.35. The Hall–Kier alpha value is -1.32. The Morgan fingerprint density at radius 1 is 1.13 bits per heavy atom. The summed E-state index contributed by atoms with van der Waals surface area (Å²) >= 11 is 0. The molecule has 0 aromatic heterocycles. The Labute approximate surface area is 141 Å². The van der Waals surface area contributed by atoms with Gasteiger partial charge in [-0.25, -0.2) is 0 Å². The summed E-state index contributed by atoms with van der Waals surface area (Å²) in [6.07, 6.45) is 11.9. The van der Waals surface area contributed by atoms with E-state index in [-0.39, 0.29) is 17.9 Å². The number of nitrogens with one attached hydrogen (secondary N) is 1. The molecule has 4 nitrogen and oxygen atoms in total. The molecule has 2 fully saturated rings. The molecule has 2 aliphatic rings. The molecule has 1 saturated heterocycles. The molecule has 0 spiro atoms. The molecule has 2 amide bonds. The summed E-state index contributed by atoms with van der Waals surface area (Å²) in [7, 11) is 0. The zero-order chi connectivity index (χ0) is 17.1. The average Bonchev–Trinajstić information content (AvgIpc) is 3.24. The predicted octanol–water partition coefficient (Wildman–Crippen LogP) is 3.81. The highest BCUT2D eigenvalue weighted by atomic mass is 16.2. The van der Waals surface area contributed by atoms with Crippen LogP contribution in [0, 0.1) is 0 Å². The van der Waals surface area contributed by atoms with Gasteiger partial charge < -0.3 is 10.2 Å². The Morgan fingerprint density at radius 2 is 1.83 bits per heavy atom. The third-order valence-corrected chi connectivity index (χ3v) is 4.35. The molecule has 0 radical (unpaired) electrons. The van der Waals surface area contributed by atoms with Crippen molar-refractivity contribution < 1.29 is 9.59 Å². The molecule has 1 aliphatic carbocycles. The van der Waals surface area contributed by atoms with Crippen LogP contribution in [-0.2, 0) is 9.59 Å². The SMILES string of the molecule is C=CCCCCCCC(=O)N1CCC[C@H]1C(=O)NC1CC1.CC. The van der Waals surface area contributed by atoms with Crippen LogP contribution in [0.2, 0.25) is 0 Å². The van der Waals surface area contributed by atoms with Crippen LogP contribution in [0.5, 0.6) is 0 Å². The van der Waals surface area contributed by atoms with Crippen LogP contribution in [0.15, 0.2) is 12.7 Å². The molecule has 1 saturated carbocycles. The van der Waals surface area contributed by atoms with Gasteiger partial charge in [0.25, 0.3) is 0 Å². The van der Waals surface area contributed by atoms with E-state index in [1.54, 1.807) is 4.90 Å². The summed E-state index contributed by atoms with van der Waals surface area (Å²) in [5.41, 5.74) is 0. The fourth-order valence-electron chi connectivity index (χ4n) is 2.92. The zero-order valence-corrected chi connectivity index (χ0v) is 15.0. The van der Waals surface area contributed by atoms with Crippen LogP contribution in [0.1, 0.15) is 78.1 Å². The second kappa shape index (κ2) is 11.3. The smallest absolute Gasteiger partial charge is 0.243 e. The Bertz CT molecular complexity index is 378. The van der Waals surface area contributed by atoms with Gasteiger partial charge in [-0.1, -0.05) is 32.8 Å². The Kier molecular flexibility index (Phi) is 9.65. The molecule has 132 valence electrons. The first-order chi connectivity index (χ1) is 11.2. The van der Waals surface area contributed by atoms with Gasteiger partial charge in [0.05, 0.1) is 0 Å². The van der Waals surface area contributed by atoms with Crippen LogP contribution in [0.25, 0.3) is 0 Å². The molecule has 4 heteroatoms. The second-order valence-electron chi connectivity index (χ2n) is 6.27. The number of likely N-dealkylation sites (tertiary alicyclic amines) is 1. The van der Waals surface area contributed by atoms with Gasteiger partial charge in [0.15, 0.2) is 0 Å². The maximum absolute atomic E-state index is 12.3. The van der Waals surface area contributed by atoms with Crippen molar-refractivity contribution in [2.75, 3.05) is 6.54 Å². The van der Waals surface area contributed by atoms with Gasteiger partial charge in [-0.05, 0) is 44.9 Å². The topological polar surface area (TPSA) is 49.4 Å². The van der Waals surface area contributed by atoms with Crippen molar-refractivity contribution in [1.82, 2.24) is 10.2 Å². The van der Waals surface area contributed by atoms with Crippen LogP contribution in [-0.4, -0.2) is 35.3 Å². The molecule has 1 N–H and O–H groups in total. The molecule has 1 heterocycles. The molecule has 0 aromatic carbocycles. The van der Waals surface area contributed by atoms with Crippen LogP contribution >= 0.6 is 0 Å². The number of carbonyl (C=O) groups is 2. The standard InChI is InChI=1S/C17H28N2O2.C2H6/c1-2-3-4-5-6-7-10-16(20)19-13-8-9-15(19)17(21)18-14-11-12-14;1-2/h2,14-15H,1,3-13H2,(H,18,21);1-2H3/t15-;/m0./s1. The van der Waals surface area contributed by atoms with E-state index < -0.39 is 0 Å². The fourth-order valence-corrected chi connectivity index (χ4v) is 2.92. The van der Waals surface area contributed by atoms with E-state index in [0.29, 0.717) is 12.5 Å². The third-order valence-electron chi connectivity index (χ3n) is 4.35. The Balaban J connectivity index is 0.00000127. The van der Waals surface area contributed by atoms with Crippen molar-refractivity contribution in [1.29, 1.82) is 0 Å². The number of allylic oxidation sites excluding steroid dienone is 1. The number of unbranched alkanes of at least 4 members (excludes halogenated alkanes) is 4. The van der Waals surface area contributed by atoms with E-state index in [9.17, 15) is 9.59 Å². The summed E-state index contributed by atoms with van der Waals surface area (Å²) < 4.78 is 0. The van der Waals surface area contributed by atoms with Crippen molar-refractivity contribution in [3.05, 3.63) is 12.7 Å². The summed E-state index contributed by atoms with van der Waals surface area (Å²) in [4.78, 5) is 26.2. The number of amides is 2. The summed E-state index contributed by atoms with van der Waals surface area (Å²) in [6.45, 7) is 8.46. The molecule has 0 aromatic rings. The molecule has 23 heavy (non-hydrogen) atoms. The minimum Gasteiger partial charge on any atom is -0.352 e. The number of rotatable bonds is 9. The van der Waals surface area contributed by atoms with Gasteiger partial charge in [-0.2, -0.15) is 0 Å². The lowest BCUT2D eigenvalue weighted by Crippen LogP contribution is -2.46. The maximum Gasteiger partial charge on any atom is 0.243 e. The highest BCUT2D eigenvalue weighted by Crippen LogP contribution is 2.23. The Morgan fingerprint density at radius 3 is 2.48 bits per heavy atom. The maximum atomic E-state index is 12.3. The van der Waals surface area contributed by atoms with Gasteiger partial charge >= 0.3 is 0 Å². The van der Waals surface area contributed by atoms with Gasteiger partial charge in [0, 0.05) is 19.0 Å². The minimum absolute atomic E-state index is 0.0642. The van der Waals surface area contributed by atoms with E-state index in [4.69, 9.17) is 0 Å². The van der Waals surface area contributed by atoms with Crippen LogP contribution in [0.3, 0.4) is 0 Å². The molecular formula is C19H34N2O2. The van der Waals surface area contributed by atoms with Crippen molar-refractivity contribution in [2.45, 2.75) is 90.1 Å². The van der Waals surface area contributed by atoms with E-state index in [1.807, 2.05) is 19.9 Å². The largest absolute Gasteiger partial charge is 0.352 e. The number of hydrogen-bond donors (Lipinski definition) is 1. The zero-order valence-electron chi connectivity index (χ0n) is 15.0. The normalized spacial score (nSPS) is 19.7. The quantitative estimate of drug-likeness (QED) is 0.518. The third kappa shape index (κ3) is 7.19. The lowest BCUT2D eigenvalue weighted by atomic mass is 10.1. The predicted molar refractivity (Wildman–Crippen MR) is 95.1 cm³/mol. The van der Waals surface area contributed by atoms with Gasteiger partial charge in [0.1, 0.15) is 6.04 Å². The van der Waals surface area contributed by atoms with Crippen LogP contribution < -0.4 is 5.32 Å². The summed E-state index contributed by atoms with van der Waals surface area (Å²) in [6, 6.07) is 0.166. The van der Waals surface area contributed by atoms with Gasteiger partial charge in [0.2, 0.25) is 11.8 Å². The van der Waals surface area contributed by atoms with Crippen LogP contribution in [0.4, 0.5) is 0 Å². The van der Waals surface area contributed by atoms with Crippen molar-refractivity contribution in [3.63, 3.8) is 0 Å². The number of carbonyl (C=O) groups excluding carboxylic acids is 2. The molecule has 1 atom stereocenters. The lowest BCUT2D eigenvalue weighted by molar-refractivity contribution is -0.138. The van der Waals surface area contributed by atoms with Crippen molar-refractivity contribution in [2.24, 2.45) is 0 Å². The minimum atomic E-state index is -0.209. The molecule has 0 bridgehead atoms. The lowest BCUT2D eigenvalue weighted by Gasteiger charge is -2.24. The van der Waals surface area contributed by atoms with Crippen molar-refractivity contribution in [3.8, 4) is 0 Å². The first-order valence-corrected chi connectivity index (χ1v) is 9.43. The van der Waals surface area contributed by atoms with E-state index in [0.717, 1.165) is 64.3 Å². The van der Waals surface area contributed by atoms with Gasteiger partial charge in [-0.15, -0.1) is 6.58 Å². The average molecular weight is 322 g/mol. The van der Waals surface area contributed by atoms with Gasteiger partial charge in [-0.3, -0.25) is 9.59 Å². The van der Waals surface area contributed by atoms with E-state index in [1.165, 1.54) is 0 Å². The fraction of sp³-hybridized carbons (Fsp3) is 0.789. The summed E-state index contributed by atoms with van der Waals surface area (Å²) in [5, 5.41) is 3.03. The van der Waals surface area contributed by atoms with Crippen molar-refractivity contribution >= 4 is 11.8 Å². The molecule has 2 rings (SSSR count). The van der Waals surface area contributed by atoms with E-state index in [2.05, 4.69) is 11.9 Å². The first kappa shape index (κ1) is 19.7. The first-order valence-electron chi connectivity index (χ1n) is 9.43. The number of hydrogen-bond acceptors (Lipinski definition) is 2. The number of nitrogens with zero attached hydrogens (tertiary/aromatic N) is 1.